The van der Waals surface area contributed by atoms with Gasteiger partial charge in [0, 0.05) is 18.1 Å². The Morgan fingerprint density at radius 2 is 1.92 bits per heavy atom. The lowest BCUT2D eigenvalue weighted by Crippen LogP contribution is -2.66. The van der Waals surface area contributed by atoms with Crippen molar-refractivity contribution in [1.29, 1.82) is 0 Å². The summed E-state index contributed by atoms with van der Waals surface area (Å²) in [6.07, 6.45) is 7.05. The van der Waals surface area contributed by atoms with Crippen LogP contribution < -0.4 is 16.4 Å². The van der Waals surface area contributed by atoms with E-state index in [9.17, 15) is 9.59 Å². The Hall–Kier alpha value is -1.14. The number of hydrogen-bond donors (Lipinski definition) is 3. The predicted molar refractivity (Wildman–Crippen MR) is 93.3 cm³/mol. The van der Waals surface area contributed by atoms with Gasteiger partial charge >= 0.3 is 0 Å². The molecule has 1 spiro atoms. The Balaban J connectivity index is 1.84. The summed E-state index contributed by atoms with van der Waals surface area (Å²) in [6.45, 7) is 6.51. The van der Waals surface area contributed by atoms with Crippen LogP contribution in [0.15, 0.2) is 0 Å². The van der Waals surface area contributed by atoms with Gasteiger partial charge in [-0.05, 0) is 32.1 Å². The van der Waals surface area contributed by atoms with Crippen molar-refractivity contribution in [3.05, 3.63) is 0 Å². The fourth-order valence-corrected chi connectivity index (χ4v) is 4.10. The van der Waals surface area contributed by atoms with Crippen molar-refractivity contribution in [2.45, 2.75) is 77.5 Å². The third-order valence-electron chi connectivity index (χ3n) is 5.72. The highest BCUT2D eigenvalue weighted by atomic mass is 16.5. The molecule has 0 aliphatic heterocycles. The van der Waals surface area contributed by atoms with Crippen molar-refractivity contribution in [2.75, 3.05) is 13.2 Å². The van der Waals surface area contributed by atoms with Gasteiger partial charge in [0.05, 0.1) is 18.7 Å². The molecular weight excluding hydrogens is 306 g/mol. The molecule has 0 heterocycles. The zero-order valence-corrected chi connectivity index (χ0v) is 15.3. The third-order valence-corrected chi connectivity index (χ3v) is 5.72. The average Bonchev–Trinajstić information content (AvgIpc) is 2.58. The molecule has 0 bridgehead atoms. The Morgan fingerprint density at radius 3 is 2.50 bits per heavy atom. The van der Waals surface area contributed by atoms with E-state index in [0.717, 1.165) is 25.9 Å². The van der Waals surface area contributed by atoms with Crippen LogP contribution in [0.5, 0.6) is 0 Å². The van der Waals surface area contributed by atoms with Crippen molar-refractivity contribution in [3.63, 3.8) is 0 Å². The second-order valence-corrected chi connectivity index (χ2v) is 7.58. The highest BCUT2D eigenvalue weighted by molar-refractivity contribution is 5.87. The number of nitrogens with two attached hydrogens (primary N) is 1. The van der Waals surface area contributed by atoms with Crippen LogP contribution in [0.4, 0.5) is 0 Å². The molecule has 138 valence electrons. The molecule has 2 fully saturated rings. The van der Waals surface area contributed by atoms with Gasteiger partial charge < -0.3 is 21.1 Å². The average molecular weight is 339 g/mol. The Morgan fingerprint density at radius 1 is 1.25 bits per heavy atom. The maximum atomic E-state index is 12.2. The van der Waals surface area contributed by atoms with Gasteiger partial charge in [-0.3, -0.25) is 9.59 Å². The normalized spacial score (nSPS) is 26.7. The van der Waals surface area contributed by atoms with E-state index < -0.39 is 6.04 Å². The lowest BCUT2D eigenvalue weighted by atomic mass is 9.55. The van der Waals surface area contributed by atoms with Crippen LogP contribution in [0.2, 0.25) is 0 Å². The maximum Gasteiger partial charge on any atom is 0.239 e. The van der Waals surface area contributed by atoms with Crippen molar-refractivity contribution in [2.24, 2.45) is 17.1 Å². The summed E-state index contributed by atoms with van der Waals surface area (Å²) in [5.41, 5.74) is 5.89. The van der Waals surface area contributed by atoms with Crippen LogP contribution in [0.25, 0.3) is 0 Å². The standard InChI is InChI=1S/C18H33N3O3/c1-4-24-14-10-13(18(14)8-6-5-7-9-18)21-15(22)11-20-17(23)16(19)12(2)3/h12-14,16H,4-11,19H2,1-3H3,(H,20,23)(H,21,22)/t13?,14?,16-/m0/s1. The second-order valence-electron chi connectivity index (χ2n) is 7.58. The first-order chi connectivity index (χ1) is 11.4. The Bertz CT molecular complexity index is 447. The first-order valence-corrected chi connectivity index (χ1v) is 9.35. The summed E-state index contributed by atoms with van der Waals surface area (Å²) in [4.78, 5) is 24.1. The van der Waals surface area contributed by atoms with Crippen molar-refractivity contribution < 1.29 is 14.3 Å². The molecule has 2 amide bonds. The van der Waals surface area contributed by atoms with Crippen molar-refractivity contribution in [3.8, 4) is 0 Å². The molecule has 2 aliphatic carbocycles. The fraction of sp³-hybridized carbons (Fsp3) is 0.889. The topological polar surface area (TPSA) is 93.5 Å². The van der Waals surface area contributed by atoms with Gasteiger partial charge in [0.2, 0.25) is 11.8 Å². The molecule has 6 nitrogen and oxygen atoms in total. The lowest BCUT2D eigenvalue weighted by molar-refractivity contribution is -0.157. The number of carbonyl (C=O) groups is 2. The SMILES string of the molecule is CCOC1CC(NC(=O)CNC(=O)[C@@H](N)C(C)C)C12CCCCC2. The van der Waals surface area contributed by atoms with E-state index in [1.54, 1.807) is 0 Å². The molecule has 6 heteroatoms. The van der Waals surface area contributed by atoms with Crippen LogP contribution in [-0.4, -0.2) is 43.2 Å². The molecule has 0 aromatic rings. The number of carbonyl (C=O) groups excluding carboxylic acids is 2. The van der Waals surface area contributed by atoms with E-state index >= 15 is 0 Å². The van der Waals surface area contributed by atoms with Crippen LogP contribution in [0, 0.1) is 11.3 Å². The number of amides is 2. The van der Waals surface area contributed by atoms with Gasteiger partial charge in [0.15, 0.2) is 0 Å². The van der Waals surface area contributed by atoms with E-state index in [1.165, 1.54) is 19.3 Å². The molecule has 24 heavy (non-hydrogen) atoms. The monoisotopic (exact) mass is 339 g/mol. The summed E-state index contributed by atoms with van der Waals surface area (Å²) in [7, 11) is 0. The van der Waals surface area contributed by atoms with Crippen molar-refractivity contribution in [1.82, 2.24) is 10.6 Å². The van der Waals surface area contributed by atoms with Crippen LogP contribution >= 0.6 is 0 Å². The fourth-order valence-electron chi connectivity index (χ4n) is 4.10. The maximum absolute atomic E-state index is 12.2. The zero-order valence-electron chi connectivity index (χ0n) is 15.3. The third kappa shape index (κ3) is 4.09. The van der Waals surface area contributed by atoms with Gasteiger partial charge in [0.25, 0.3) is 0 Å². The van der Waals surface area contributed by atoms with E-state index in [4.69, 9.17) is 10.5 Å². The molecule has 0 radical (unpaired) electrons. The number of ether oxygens (including phenoxy) is 1. The predicted octanol–water partition coefficient (Wildman–Crippen LogP) is 1.33. The summed E-state index contributed by atoms with van der Waals surface area (Å²) in [5, 5.41) is 5.75. The minimum Gasteiger partial charge on any atom is -0.378 e. The van der Waals surface area contributed by atoms with Gasteiger partial charge in [-0.25, -0.2) is 0 Å². The van der Waals surface area contributed by atoms with Gasteiger partial charge in [-0.1, -0.05) is 33.1 Å². The summed E-state index contributed by atoms with van der Waals surface area (Å²) < 4.78 is 5.90. The molecule has 2 unspecified atom stereocenters. The molecule has 4 N–H and O–H groups in total. The first kappa shape index (κ1) is 19.2. The molecular formula is C18H33N3O3. The molecule has 0 aromatic heterocycles. The number of nitrogens with one attached hydrogen (secondary N) is 2. The van der Waals surface area contributed by atoms with Crippen LogP contribution in [0.1, 0.15) is 59.3 Å². The highest BCUT2D eigenvalue weighted by Gasteiger charge is 2.56. The van der Waals surface area contributed by atoms with Gasteiger partial charge in [-0.15, -0.1) is 0 Å². The molecule has 2 saturated carbocycles. The number of rotatable bonds is 7. The smallest absolute Gasteiger partial charge is 0.239 e. The minimum absolute atomic E-state index is 0.00879. The zero-order chi connectivity index (χ0) is 17.7. The lowest BCUT2D eigenvalue weighted by Gasteiger charge is -2.57. The summed E-state index contributed by atoms with van der Waals surface area (Å²) in [6, 6.07) is -0.411. The van der Waals surface area contributed by atoms with E-state index in [0.29, 0.717) is 0 Å². The largest absolute Gasteiger partial charge is 0.378 e. The van der Waals surface area contributed by atoms with E-state index in [2.05, 4.69) is 10.6 Å². The highest BCUT2D eigenvalue weighted by Crippen LogP contribution is 2.53. The minimum atomic E-state index is -0.575. The van der Waals surface area contributed by atoms with Crippen molar-refractivity contribution >= 4 is 11.8 Å². The molecule has 0 aromatic carbocycles. The van der Waals surface area contributed by atoms with Gasteiger partial charge in [0.1, 0.15) is 0 Å². The number of hydrogen-bond acceptors (Lipinski definition) is 4. The molecule has 2 aliphatic rings. The van der Waals surface area contributed by atoms with Crippen LogP contribution in [-0.2, 0) is 14.3 Å². The Labute approximate surface area is 145 Å². The first-order valence-electron chi connectivity index (χ1n) is 9.35. The van der Waals surface area contributed by atoms with Crippen LogP contribution in [0.3, 0.4) is 0 Å². The van der Waals surface area contributed by atoms with E-state index in [-0.39, 0.29) is 41.8 Å². The summed E-state index contributed by atoms with van der Waals surface area (Å²) in [5.74, 6) is -0.352. The Kier molecular flexibility index (Phi) is 6.63. The molecule has 3 atom stereocenters. The van der Waals surface area contributed by atoms with E-state index in [1.807, 2.05) is 20.8 Å². The second kappa shape index (κ2) is 8.30. The van der Waals surface area contributed by atoms with Gasteiger partial charge in [-0.2, -0.15) is 0 Å². The summed E-state index contributed by atoms with van der Waals surface area (Å²) >= 11 is 0. The quantitative estimate of drug-likeness (QED) is 0.652. The molecule has 2 rings (SSSR count). The molecule has 0 saturated heterocycles.